The van der Waals surface area contributed by atoms with Gasteiger partial charge in [-0.25, -0.2) is 22.9 Å². The van der Waals surface area contributed by atoms with Crippen molar-refractivity contribution in [2.75, 3.05) is 32.4 Å². The summed E-state index contributed by atoms with van der Waals surface area (Å²) in [6.07, 6.45) is 8.17. The molecule has 194 valence electrons. The van der Waals surface area contributed by atoms with Gasteiger partial charge in [0, 0.05) is 44.4 Å². The molecule has 1 fully saturated rings. The quantitative estimate of drug-likeness (QED) is 0.511. The molecule has 1 aromatic carbocycles. The number of carbonyl (C=O) groups excluding carboxylic acids is 1. The number of imidazole rings is 1. The number of piperazine rings is 1. The Hall–Kier alpha value is -3.25. The van der Waals surface area contributed by atoms with Crippen molar-refractivity contribution in [3.63, 3.8) is 0 Å². The van der Waals surface area contributed by atoms with Gasteiger partial charge in [0.2, 0.25) is 10.0 Å². The molecule has 1 saturated heterocycles. The van der Waals surface area contributed by atoms with E-state index in [4.69, 9.17) is 22.3 Å². The van der Waals surface area contributed by atoms with Gasteiger partial charge in [0.1, 0.15) is 0 Å². The number of urea groups is 1. The summed E-state index contributed by atoms with van der Waals surface area (Å²) >= 11 is 6.52. The fourth-order valence-corrected chi connectivity index (χ4v) is 5.99. The highest BCUT2D eigenvalue weighted by Crippen LogP contribution is 2.44. The average Bonchev–Trinajstić information content (AvgIpc) is 3.22. The van der Waals surface area contributed by atoms with Gasteiger partial charge in [0.05, 0.1) is 42.3 Å². The topological polar surface area (TPSA) is 126 Å². The molecule has 3 aromatic rings. The smallest absolute Gasteiger partial charge is 0.314 e. The molecule has 37 heavy (non-hydrogen) atoms. The Balaban J connectivity index is 1.71. The molecule has 0 saturated carbocycles. The number of hydrogen-bond donors (Lipinski definition) is 2. The number of nitrogens with zero attached hydrogens (tertiary/aromatic N) is 5. The number of aromatic nitrogens is 3. The van der Waals surface area contributed by atoms with Gasteiger partial charge in [-0.2, -0.15) is 0 Å². The number of aryl methyl sites for hydroxylation is 1. The zero-order valence-electron chi connectivity index (χ0n) is 20.5. The molecule has 3 heterocycles. The Morgan fingerprint density at radius 3 is 2.62 bits per heavy atom. The van der Waals surface area contributed by atoms with Gasteiger partial charge < -0.3 is 15.2 Å². The van der Waals surface area contributed by atoms with Crippen molar-refractivity contribution >= 4 is 39.3 Å². The second kappa shape index (κ2) is 9.90. The van der Waals surface area contributed by atoms with Crippen LogP contribution in [0.5, 0.6) is 0 Å². The van der Waals surface area contributed by atoms with E-state index in [1.54, 1.807) is 28.2 Å². The molecule has 2 aromatic heterocycles. The second-order valence-corrected chi connectivity index (χ2v) is 11.5. The summed E-state index contributed by atoms with van der Waals surface area (Å²) in [5.41, 5.74) is 10.4. The second-order valence-electron chi connectivity index (χ2n) is 9.33. The van der Waals surface area contributed by atoms with Crippen LogP contribution in [0, 0.1) is 0 Å². The minimum absolute atomic E-state index is 0.238. The van der Waals surface area contributed by atoms with Crippen LogP contribution in [0.1, 0.15) is 40.2 Å². The molecule has 3 N–H and O–H groups in total. The summed E-state index contributed by atoms with van der Waals surface area (Å²) in [5, 5.41) is 0.531. The summed E-state index contributed by atoms with van der Waals surface area (Å²) in [6.45, 7) is 2.22. The number of benzene rings is 1. The van der Waals surface area contributed by atoms with E-state index >= 15 is 0 Å². The molecule has 1 aliphatic heterocycles. The van der Waals surface area contributed by atoms with Crippen molar-refractivity contribution in [3.05, 3.63) is 82.2 Å². The van der Waals surface area contributed by atoms with E-state index in [1.807, 2.05) is 43.5 Å². The first-order valence-corrected chi connectivity index (χ1v) is 14.1. The van der Waals surface area contributed by atoms with Crippen LogP contribution in [0.3, 0.4) is 0 Å². The molecule has 1 aliphatic carbocycles. The van der Waals surface area contributed by atoms with E-state index in [1.165, 1.54) is 0 Å². The lowest BCUT2D eigenvalue weighted by Crippen LogP contribution is -2.51. The van der Waals surface area contributed by atoms with Crippen LogP contribution in [-0.4, -0.2) is 71.2 Å². The van der Waals surface area contributed by atoms with E-state index in [0.717, 1.165) is 34.2 Å². The molecule has 2 amide bonds. The van der Waals surface area contributed by atoms with Gasteiger partial charge in [-0.15, -0.1) is 0 Å². The number of primary amides is 1. The summed E-state index contributed by atoms with van der Waals surface area (Å²) in [5.74, 6) is 0. The molecule has 10 nitrogen and oxygen atoms in total. The zero-order chi connectivity index (χ0) is 26.3. The van der Waals surface area contributed by atoms with Crippen LogP contribution in [0.15, 0.2) is 49.1 Å². The number of sulfonamides is 1. The minimum Gasteiger partial charge on any atom is -0.351 e. The summed E-state index contributed by atoms with van der Waals surface area (Å²) < 4.78 is 29.7. The first-order chi connectivity index (χ1) is 17.6. The largest absolute Gasteiger partial charge is 0.351 e. The predicted octanol–water partition coefficient (Wildman–Crippen LogP) is 2.40. The van der Waals surface area contributed by atoms with Crippen molar-refractivity contribution < 1.29 is 13.2 Å². The third-order valence-electron chi connectivity index (χ3n) is 6.85. The SMILES string of the molecule is Cn1cncc1C(NS(C)(=O)=O)C1=Cc2cccnc2[C@@H](N2CCN(C(N)=O)CC2)c2ccc(Cl)cc21. The van der Waals surface area contributed by atoms with Gasteiger partial charge in [-0.05, 0) is 46.5 Å². The Bertz CT molecular complexity index is 1480. The van der Waals surface area contributed by atoms with E-state index in [2.05, 4.69) is 14.6 Å². The molecule has 12 heteroatoms. The van der Waals surface area contributed by atoms with Crippen molar-refractivity contribution in [2.45, 2.75) is 12.1 Å². The van der Waals surface area contributed by atoms with Crippen LogP contribution >= 0.6 is 11.6 Å². The van der Waals surface area contributed by atoms with Gasteiger partial charge in [0.15, 0.2) is 0 Å². The number of amides is 2. The molecule has 2 atom stereocenters. The van der Waals surface area contributed by atoms with Crippen LogP contribution in [0.2, 0.25) is 5.02 Å². The van der Waals surface area contributed by atoms with Crippen LogP contribution in [0.4, 0.5) is 4.79 Å². The first-order valence-electron chi connectivity index (χ1n) is 11.8. The number of nitrogens with two attached hydrogens (primary N) is 1. The third-order valence-corrected chi connectivity index (χ3v) is 7.74. The van der Waals surface area contributed by atoms with Crippen molar-refractivity contribution in [3.8, 4) is 0 Å². The molecule has 2 aliphatic rings. The van der Waals surface area contributed by atoms with Crippen LogP contribution in [-0.2, 0) is 17.1 Å². The molecule has 5 rings (SSSR count). The minimum atomic E-state index is -3.61. The highest BCUT2D eigenvalue weighted by molar-refractivity contribution is 7.88. The fraction of sp³-hybridized carbons (Fsp3) is 0.320. The fourth-order valence-electron chi connectivity index (χ4n) is 5.14. The maximum absolute atomic E-state index is 12.5. The van der Waals surface area contributed by atoms with E-state index < -0.39 is 22.1 Å². The van der Waals surface area contributed by atoms with Gasteiger partial charge >= 0.3 is 6.03 Å². The maximum atomic E-state index is 12.5. The Morgan fingerprint density at radius 1 is 1.22 bits per heavy atom. The normalized spacial score (nSPS) is 18.9. The Labute approximate surface area is 220 Å². The number of carbonyl (C=O) groups is 1. The summed E-state index contributed by atoms with van der Waals surface area (Å²) in [7, 11) is -1.78. The monoisotopic (exact) mass is 541 g/mol. The zero-order valence-corrected chi connectivity index (χ0v) is 22.1. The average molecular weight is 542 g/mol. The number of rotatable bonds is 5. The Kier molecular flexibility index (Phi) is 6.80. The summed E-state index contributed by atoms with van der Waals surface area (Å²) in [4.78, 5) is 24.6. The molecular formula is C25H28ClN7O3S. The number of pyridine rings is 1. The lowest BCUT2D eigenvalue weighted by atomic mass is 9.90. The van der Waals surface area contributed by atoms with Crippen molar-refractivity contribution in [1.29, 1.82) is 0 Å². The lowest BCUT2D eigenvalue weighted by Gasteiger charge is -2.39. The number of fused-ring (bicyclic) bond motifs is 2. The van der Waals surface area contributed by atoms with E-state index in [9.17, 15) is 13.2 Å². The van der Waals surface area contributed by atoms with Crippen LogP contribution in [0.25, 0.3) is 11.6 Å². The molecule has 1 unspecified atom stereocenters. The van der Waals surface area contributed by atoms with Gasteiger partial charge in [-0.3, -0.25) is 9.88 Å². The molecular weight excluding hydrogens is 514 g/mol. The lowest BCUT2D eigenvalue weighted by molar-refractivity contribution is 0.123. The highest BCUT2D eigenvalue weighted by Gasteiger charge is 2.36. The third kappa shape index (κ3) is 5.12. The number of nitrogens with one attached hydrogen (secondary N) is 1. The van der Waals surface area contributed by atoms with Crippen molar-refractivity contribution in [1.82, 2.24) is 29.1 Å². The molecule has 0 spiro atoms. The standard InChI is InChI=1S/C25H28ClN7O3S/c1-31-15-28-14-21(31)23(30-37(2,35)36)20-12-16-4-3-7-29-22(16)24(18-6-5-17(26)13-19(18)20)32-8-10-33(11-9-32)25(27)34/h3-7,12-15,23-24,30H,8-11H2,1-2H3,(H2,27,34)/t23?,24-/m0/s1. The Morgan fingerprint density at radius 2 is 1.97 bits per heavy atom. The van der Waals surface area contributed by atoms with E-state index in [0.29, 0.717) is 36.9 Å². The van der Waals surface area contributed by atoms with Crippen molar-refractivity contribution in [2.24, 2.45) is 12.8 Å². The molecule has 0 bridgehead atoms. The maximum Gasteiger partial charge on any atom is 0.314 e. The highest BCUT2D eigenvalue weighted by atomic mass is 35.5. The summed E-state index contributed by atoms with van der Waals surface area (Å²) in [6, 6.07) is 8.12. The van der Waals surface area contributed by atoms with Crippen LogP contribution < -0.4 is 10.5 Å². The number of halogens is 1. The van der Waals surface area contributed by atoms with E-state index in [-0.39, 0.29) is 6.04 Å². The first kappa shape index (κ1) is 25.4. The molecule has 0 radical (unpaired) electrons. The predicted molar refractivity (Wildman–Crippen MR) is 142 cm³/mol. The van der Waals surface area contributed by atoms with Gasteiger partial charge in [0.25, 0.3) is 0 Å². The van der Waals surface area contributed by atoms with Gasteiger partial charge in [-0.1, -0.05) is 23.7 Å². The number of hydrogen-bond acceptors (Lipinski definition) is 6.